The van der Waals surface area contributed by atoms with Crippen LogP contribution in [0.15, 0.2) is 6.20 Å². The Morgan fingerprint density at radius 2 is 2.08 bits per heavy atom. The fraction of sp³-hybridized carbons (Fsp3) is 0.667. The third-order valence-corrected chi connectivity index (χ3v) is 6.40. The minimum absolute atomic E-state index is 0.0443. The first-order chi connectivity index (χ1) is 12.8. The number of fused-ring (bicyclic) bond motifs is 4. The lowest BCUT2D eigenvalue weighted by Crippen LogP contribution is -2.52. The summed E-state index contributed by atoms with van der Waals surface area (Å²) >= 11 is 5.55. The smallest absolute Gasteiger partial charge is 0.225 e. The van der Waals surface area contributed by atoms with Gasteiger partial charge in [-0.3, -0.25) is 4.57 Å². The average Bonchev–Trinajstić information content (AvgIpc) is 3.07. The van der Waals surface area contributed by atoms with Crippen LogP contribution in [0.1, 0.15) is 50.8 Å². The number of rotatable bonds is 2. The van der Waals surface area contributed by atoms with Gasteiger partial charge in [0.25, 0.3) is 0 Å². The number of aromatic nitrogens is 4. The number of hydrogen-bond acceptors (Lipinski definition) is 6. The first kappa shape index (κ1) is 16.4. The second-order valence-electron chi connectivity index (χ2n) is 7.83. The lowest BCUT2D eigenvalue weighted by atomic mass is 9.80. The zero-order valence-corrected chi connectivity index (χ0v) is 15.7. The van der Waals surface area contributed by atoms with E-state index in [0.717, 1.165) is 60.9 Å². The molecule has 1 saturated heterocycles. The molecule has 0 aromatic carbocycles. The number of piperidine rings is 1. The number of hydrogen-bond donors (Lipinski definition) is 3. The van der Waals surface area contributed by atoms with Crippen LogP contribution < -0.4 is 16.0 Å². The van der Waals surface area contributed by atoms with Gasteiger partial charge in [-0.1, -0.05) is 31.5 Å². The Hall–Kier alpha value is -1.80. The van der Waals surface area contributed by atoms with E-state index in [1.807, 2.05) is 6.20 Å². The minimum atomic E-state index is 0.0443. The molecule has 1 atom stereocenters. The molecule has 2 fully saturated rings. The van der Waals surface area contributed by atoms with Crippen molar-refractivity contribution in [3.05, 3.63) is 12.0 Å². The molecule has 138 valence electrons. The van der Waals surface area contributed by atoms with E-state index in [0.29, 0.717) is 12.0 Å². The van der Waals surface area contributed by atoms with Crippen molar-refractivity contribution in [1.82, 2.24) is 30.2 Å². The molecule has 1 saturated carbocycles. The fourth-order valence-corrected chi connectivity index (χ4v) is 4.93. The van der Waals surface area contributed by atoms with Gasteiger partial charge in [0.05, 0.1) is 11.7 Å². The summed E-state index contributed by atoms with van der Waals surface area (Å²) in [4.78, 5) is 14.9. The van der Waals surface area contributed by atoms with Crippen LogP contribution in [0.25, 0.3) is 11.2 Å². The van der Waals surface area contributed by atoms with E-state index in [2.05, 4.69) is 25.5 Å². The molecule has 8 heteroatoms. The topological polar surface area (TPSA) is 79.7 Å². The first-order valence-corrected chi connectivity index (χ1v) is 10.2. The highest BCUT2D eigenvalue weighted by Crippen LogP contribution is 2.39. The van der Waals surface area contributed by atoms with E-state index in [9.17, 15) is 0 Å². The molecule has 2 aromatic rings. The van der Waals surface area contributed by atoms with Crippen molar-refractivity contribution < 1.29 is 0 Å². The third-order valence-electron chi connectivity index (χ3n) is 6.07. The Morgan fingerprint density at radius 1 is 1.19 bits per heavy atom. The summed E-state index contributed by atoms with van der Waals surface area (Å²) in [6.07, 6.45) is 10.3. The summed E-state index contributed by atoms with van der Waals surface area (Å²) in [7, 11) is 0. The molecule has 0 bridgehead atoms. The average molecular weight is 372 g/mol. The molecule has 3 N–H and O–H groups in total. The van der Waals surface area contributed by atoms with E-state index in [-0.39, 0.29) is 5.54 Å². The van der Waals surface area contributed by atoms with Gasteiger partial charge in [0, 0.05) is 19.1 Å². The number of nitrogens with zero attached hydrogens (tertiary/aromatic N) is 4. The maximum Gasteiger partial charge on any atom is 0.225 e. The highest BCUT2D eigenvalue weighted by Gasteiger charge is 2.41. The number of thiocarbonyl (C=S) groups is 1. The molecule has 2 aromatic heterocycles. The van der Waals surface area contributed by atoms with Crippen LogP contribution in [-0.4, -0.2) is 50.2 Å². The predicted octanol–water partition coefficient (Wildman–Crippen LogP) is 1.93. The molecule has 1 unspecified atom stereocenters. The Labute approximate surface area is 158 Å². The van der Waals surface area contributed by atoms with Crippen LogP contribution in [0.2, 0.25) is 0 Å². The zero-order valence-electron chi connectivity index (χ0n) is 14.9. The molecule has 1 spiro atoms. The van der Waals surface area contributed by atoms with Gasteiger partial charge in [-0.15, -0.1) is 0 Å². The molecule has 26 heavy (non-hydrogen) atoms. The van der Waals surface area contributed by atoms with Crippen molar-refractivity contribution in [1.29, 1.82) is 0 Å². The molecule has 5 rings (SSSR count). The zero-order chi connectivity index (χ0) is 17.6. The van der Waals surface area contributed by atoms with E-state index in [4.69, 9.17) is 22.2 Å². The summed E-state index contributed by atoms with van der Waals surface area (Å²) in [5, 5.41) is 10.3. The largest absolute Gasteiger partial charge is 0.371 e. The first-order valence-electron chi connectivity index (χ1n) is 9.77. The maximum absolute atomic E-state index is 5.55. The monoisotopic (exact) mass is 371 g/mol. The lowest BCUT2D eigenvalue weighted by Gasteiger charge is -2.42. The molecular formula is C18H25N7S. The predicted molar refractivity (Wildman–Crippen MR) is 106 cm³/mol. The SMILES string of the molecule is S=C1NCC2(CCCCC2)n2c1nc1cnc(NC3CCCNC3)nc12. The fourth-order valence-electron chi connectivity index (χ4n) is 4.72. The molecule has 0 radical (unpaired) electrons. The van der Waals surface area contributed by atoms with E-state index in [1.165, 1.54) is 25.7 Å². The van der Waals surface area contributed by atoms with Crippen LogP contribution in [0.4, 0.5) is 5.95 Å². The van der Waals surface area contributed by atoms with Gasteiger partial charge in [-0.2, -0.15) is 4.98 Å². The summed E-state index contributed by atoms with van der Waals surface area (Å²) in [5.74, 6) is 1.55. The second-order valence-corrected chi connectivity index (χ2v) is 8.24. The van der Waals surface area contributed by atoms with Gasteiger partial charge >= 0.3 is 0 Å². The maximum atomic E-state index is 5.55. The molecule has 0 amide bonds. The third kappa shape index (κ3) is 2.66. The van der Waals surface area contributed by atoms with Crippen LogP contribution >= 0.6 is 12.2 Å². The van der Waals surface area contributed by atoms with Crippen molar-refractivity contribution in [3.63, 3.8) is 0 Å². The molecule has 1 aliphatic carbocycles. The van der Waals surface area contributed by atoms with Crippen LogP contribution in [0.3, 0.4) is 0 Å². The van der Waals surface area contributed by atoms with Crippen molar-refractivity contribution in [2.75, 3.05) is 25.0 Å². The van der Waals surface area contributed by atoms with Crippen LogP contribution in [-0.2, 0) is 5.54 Å². The van der Waals surface area contributed by atoms with Crippen molar-refractivity contribution >= 4 is 34.3 Å². The molecule has 2 aliphatic heterocycles. The van der Waals surface area contributed by atoms with Gasteiger partial charge in [0.2, 0.25) is 5.95 Å². The molecular weight excluding hydrogens is 346 g/mol. The van der Waals surface area contributed by atoms with Crippen molar-refractivity contribution in [2.45, 2.75) is 56.5 Å². The number of nitrogens with one attached hydrogen (secondary N) is 3. The van der Waals surface area contributed by atoms with Crippen LogP contribution in [0, 0.1) is 0 Å². The van der Waals surface area contributed by atoms with E-state index >= 15 is 0 Å². The highest BCUT2D eigenvalue weighted by molar-refractivity contribution is 7.80. The second kappa shape index (κ2) is 6.42. The quantitative estimate of drug-likeness (QED) is 0.696. The Morgan fingerprint density at radius 3 is 2.88 bits per heavy atom. The Balaban J connectivity index is 1.57. The number of imidazole rings is 1. The van der Waals surface area contributed by atoms with Gasteiger partial charge in [0.15, 0.2) is 11.5 Å². The van der Waals surface area contributed by atoms with Gasteiger partial charge in [-0.25, -0.2) is 9.97 Å². The Kier molecular flexibility index (Phi) is 4.04. The van der Waals surface area contributed by atoms with Crippen molar-refractivity contribution in [3.8, 4) is 0 Å². The standard InChI is InChI=1S/C18H25N7S/c26-16-15-23-13-10-20-17(22-12-5-4-8-19-9-12)24-14(13)25(15)18(11-21-16)6-2-1-3-7-18/h10,12,19H,1-9,11H2,(H,21,26)(H,20,22,24). The lowest BCUT2D eigenvalue weighted by molar-refractivity contribution is 0.192. The van der Waals surface area contributed by atoms with Crippen molar-refractivity contribution in [2.24, 2.45) is 0 Å². The molecule has 4 heterocycles. The number of anilines is 1. The van der Waals surface area contributed by atoms with E-state index < -0.39 is 0 Å². The van der Waals surface area contributed by atoms with Gasteiger partial charge < -0.3 is 16.0 Å². The minimum Gasteiger partial charge on any atom is -0.371 e. The highest BCUT2D eigenvalue weighted by atomic mass is 32.1. The van der Waals surface area contributed by atoms with Gasteiger partial charge in [0.1, 0.15) is 10.5 Å². The normalized spacial score (nSPS) is 25.1. The summed E-state index contributed by atoms with van der Waals surface area (Å²) in [6, 6.07) is 0.385. The van der Waals surface area contributed by atoms with Crippen LogP contribution in [0.5, 0.6) is 0 Å². The summed E-state index contributed by atoms with van der Waals surface area (Å²) in [6.45, 7) is 2.94. The molecule has 3 aliphatic rings. The van der Waals surface area contributed by atoms with Gasteiger partial charge in [-0.05, 0) is 32.2 Å². The van der Waals surface area contributed by atoms with E-state index in [1.54, 1.807) is 0 Å². The molecule has 7 nitrogen and oxygen atoms in total. The summed E-state index contributed by atoms with van der Waals surface area (Å²) < 4.78 is 2.33. The Bertz CT molecular complexity index is 833. The summed E-state index contributed by atoms with van der Waals surface area (Å²) in [5.41, 5.74) is 1.80.